The summed E-state index contributed by atoms with van der Waals surface area (Å²) in [5.74, 6) is 0.480. The standard InChI is InChI=1S/C20H18N4O2S2/c21-15-6-4-13(5-7-15)17-11-27-19-16(10-23-20(22)18(17)19)14-3-1-2-12(8-14)9-24-28(25)26/h1-8,10-11,28H,9,21H2,(H2,22,23)(H,24,25,26). The molecule has 142 valence electrons. The number of pyridine rings is 1. The monoisotopic (exact) mass is 410 g/mol. The van der Waals surface area contributed by atoms with Gasteiger partial charge >= 0.3 is 0 Å². The Hall–Kier alpha value is -2.94. The van der Waals surface area contributed by atoms with Gasteiger partial charge in [0.2, 0.25) is 10.9 Å². The van der Waals surface area contributed by atoms with Crippen LogP contribution in [0.3, 0.4) is 0 Å². The fourth-order valence-corrected chi connectivity index (χ4v) is 4.58. The average molecular weight is 411 g/mol. The number of nitrogens with two attached hydrogens (primary N) is 2. The van der Waals surface area contributed by atoms with Crippen LogP contribution >= 0.6 is 11.3 Å². The van der Waals surface area contributed by atoms with Crippen molar-refractivity contribution in [3.05, 3.63) is 65.7 Å². The van der Waals surface area contributed by atoms with E-state index in [2.05, 4.69) is 15.1 Å². The molecule has 5 N–H and O–H groups in total. The molecule has 0 amide bonds. The molecule has 0 bridgehead atoms. The number of rotatable bonds is 5. The Labute approximate surface area is 167 Å². The predicted octanol–water partition coefficient (Wildman–Crippen LogP) is 3.41. The normalized spacial score (nSPS) is 11.3. The van der Waals surface area contributed by atoms with Gasteiger partial charge in [0.15, 0.2) is 0 Å². The highest BCUT2D eigenvalue weighted by molar-refractivity contribution is 7.70. The molecule has 0 aliphatic rings. The molecule has 4 rings (SSSR count). The van der Waals surface area contributed by atoms with Crippen LogP contribution in [0.25, 0.3) is 32.3 Å². The molecule has 28 heavy (non-hydrogen) atoms. The van der Waals surface area contributed by atoms with Gasteiger partial charge in [0.25, 0.3) is 0 Å². The number of hydrogen-bond donors (Lipinski definition) is 4. The summed E-state index contributed by atoms with van der Waals surface area (Å²) in [6.07, 6.45) is 1.77. The van der Waals surface area contributed by atoms with Gasteiger partial charge in [0.1, 0.15) is 5.82 Å². The Morgan fingerprint density at radius 3 is 2.54 bits per heavy atom. The van der Waals surface area contributed by atoms with Crippen LogP contribution in [-0.2, 0) is 17.4 Å². The molecular formula is C20H18N4O2S2. The molecule has 0 fully saturated rings. The topological polar surface area (TPSA) is 111 Å². The van der Waals surface area contributed by atoms with Crippen LogP contribution in [0.15, 0.2) is 60.1 Å². The minimum Gasteiger partial charge on any atom is -0.399 e. The van der Waals surface area contributed by atoms with Crippen LogP contribution in [-0.4, -0.2) is 13.4 Å². The van der Waals surface area contributed by atoms with Crippen molar-refractivity contribution in [3.8, 4) is 22.3 Å². The molecule has 2 aromatic heterocycles. The Kier molecular flexibility index (Phi) is 4.99. The van der Waals surface area contributed by atoms with Crippen LogP contribution in [0.5, 0.6) is 0 Å². The lowest BCUT2D eigenvalue weighted by Crippen LogP contribution is -2.10. The molecule has 6 nitrogen and oxygen atoms in total. The second-order valence-electron chi connectivity index (χ2n) is 6.33. The van der Waals surface area contributed by atoms with Crippen LogP contribution in [0.2, 0.25) is 0 Å². The van der Waals surface area contributed by atoms with E-state index >= 15 is 0 Å². The third-order valence-electron chi connectivity index (χ3n) is 4.50. The van der Waals surface area contributed by atoms with Gasteiger partial charge in [-0.05, 0) is 40.3 Å². The molecule has 0 aliphatic heterocycles. The van der Waals surface area contributed by atoms with E-state index in [0.29, 0.717) is 11.5 Å². The Balaban J connectivity index is 1.82. The van der Waals surface area contributed by atoms with E-state index < -0.39 is 10.9 Å². The number of benzene rings is 2. The maximum Gasteiger partial charge on any atom is 0.201 e. The van der Waals surface area contributed by atoms with Crippen molar-refractivity contribution in [3.63, 3.8) is 0 Å². The van der Waals surface area contributed by atoms with Crippen molar-refractivity contribution >= 4 is 43.8 Å². The van der Waals surface area contributed by atoms with E-state index in [-0.39, 0.29) is 6.54 Å². The first-order chi connectivity index (χ1) is 13.5. The van der Waals surface area contributed by atoms with Crippen molar-refractivity contribution < 1.29 is 8.42 Å². The molecule has 4 aromatic rings. The summed E-state index contributed by atoms with van der Waals surface area (Å²) < 4.78 is 25.1. The number of aromatic nitrogens is 1. The van der Waals surface area contributed by atoms with Gasteiger partial charge in [-0.2, -0.15) is 0 Å². The molecule has 0 spiro atoms. The second-order valence-corrected chi connectivity index (χ2v) is 8.04. The molecule has 0 atom stereocenters. The van der Waals surface area contributed by atoms with Gasteiger partial charge in [0, 0.05) is 39.6 Å². The summed E-state index contributed by atoms with van der Waals surface area (Å²) >= 11 is 1.61. The molecule has 0 radical (unpaired) electrons. The number of hydrogen-bond acceptors (Lipinski definition) is 6. The number of thiophene rings is 1. The Bertz CT molecular complexity index is 1220. The first-order valence-corrected chi connectivity index (χ1v) is 10.6. The van der Waals surface area contributed by atoms with Gasteiger partial charge in [-0.3, -0.25) is 0 Å². The number of thiol groups is 1. The number of nitrogens with zero attached hydrogens (tertiary/aromatic N) is 1. The van der Waals surface area contributed by atoms with Gasteiger partial charge in [-0.1, -0.05) is 30.3 Å². The average Bonchev–Trinajstić information content (AvgIpc) is 3.13. The maximum absolute atomic E-state index is 10.8. The van der Waals surface area contributed by atoms with E-state index in [0.717, 1.165) is 37.9 Å². The van der Waals surface area contributed by atoms with Crippen molar-refractivity contribution in [1.82, 2.24) is 9.71 Å². The summed E-state index contributed by atoms with van der Waals surface area (Å²) in [7, 11) is -2.63. The SMILES string of the molecule is Nc1ccc(-c2csc3c(-c4cccc(CN[SH](=O)=O)c4)cnc(N)c23)cc1. The molecule has 0 aliphatic carbocycles. The Morgan fingerprint density at radius 1 is 1.00 bits per heavy atom. The molecule has 2 heterocycles. The van der Waals surface area contributed by atoms with Crippen LogP contribution < -0.4 is 16.2 Å². The quantitative estimate of drug-likeness (QED) is 0.298. The van der Waals surface area contributed by atoms with E-state index in [1.54, 1.807) is 17.5 Å². The molecule has 0 saturated carbocycles. The first-order valence-electron chi connectivity index (χ1n) is 8.51. The third-order valence-corrected chi connectivity index (χ3v) is 5.93. The largest absolute Gasteiger partial charge is 0.399 e. The smallest absolute Gasteiger partial charge is 0.201 e. The highest BCUT2D eigenvalue weighted by Crippen LogP contribution is 2.41. The zero-order valence-electron chi connectivity index (χ0n) is 14.8. The fraction of sp³-hybridized carbons (Fsp3) is 0.0500. The lowest BCUT2D eigenvalue weighted by Gasteiger charge is -2.08. The first kappa shape index (κ1) is 18.4. The van der Waals surface area contributed by atoms with E-state index in [9.17, 15) is 8.42 Å². The molecule has 2 aromatic carbocycles. The number of nitrogen functional groups attached to an aromatic ring is 2. The van der Waals surface area contributed by atoms with Crippen LogP contribution in [0, 0.1) is 0 Å². The van der Waals surface area contributed by atoms with Crippen molar-refractivity contribution in [2.45, 2.75) is 6.54 Å². The van der Waals surface area contributed by atoms with Crippen LogP contribution in [0.1, 0.15) is 5.56 Å². The van der Waals surface area contributed by atoms with Gasteiger partial charge in [-0.25, -0.2) is 18.1 Å². The molecule has 0 unspecified atom stereocenters. The van der Waals surface area contributed by atoms with Crippen LogP contribution in [0.4, 0.5) is 11.5 Å². The maximum atomic E-state index is 10.8. The third kappa shape index (κ3) is 3.57. The number of nitrogens with one attached hydrogen (secondary N) is 1. The summed E-state index contributed by atoms with van der Waals surface area (Å²) in [6.45, 7) is 0.249. The summed E-state index contributed by atoms with van der Waals surface area (Å²) in [6, 6.07) is 15.4. The molecular weight excluding hydrogens is 392 g/mol. The highest BCUT2D eigenvalue weighted by Gasteiger charge is 2.15. The molecule has 8 heteroatoms. The Morgan fingerprint density at radius 2 is 1.79 bits per heavy atom. The lowest BCUT2D eigenvalue weighted by molar-refractivity contribution is 0.601. The predicted molar refractivity (Wildman–Crippen MR) is 116 cm³/mol. The number of fused-ring (bicyclic) bond motifs is 1. The van der Waals surface area contributed by atoms with Gasteiger partial charge < -0.3 is 11.5 Å². The molecule has 0 saturated heterocycles. The van der Waals surface area contributed by atoms with Crippen molar-refractivity contribution in [2.24, 2.45) is 0 Å². The van der Waals surface area contributed by atoms with Gasteiger partial charge in [-0.15, -0.1) is 11.3 Å². The lowest BCUT2D eigenvalue weighted by atomic mass is 10.0. The van der Waals surface area contributed by atoms with E-state index in [1.807, 2.05) is 48.5 Å². The highest BCUT2D eigenvalue weighted by atomic mass is 32.2. The summed E-state index contributed by atoms with van der Waals surface area (Å²) in [5, 5.41) is 2.99. The zero-order chi connectivity index (χ0) is 19.7. The van der Waals surface area contributed by atoms with Crippen molar-refractivity contribution in [1.29, 1.82) is 0 Å². The number of anilines is 2. The van der Waals surface area contributed by atoms with E-state index in [1.165, 1.54) is 0 Å². The van der Waals surface area contributed by atoms with Gasteiger partial charge in [0.05, 0.1) is 0 Å². The minimum atomic E-state index is -2.63. The fourth-order valence-electron chi connectivity index (χ4n) is 3.15. The van der Waals surface area contributed by atoms with E-state index in [4.69, 9.17) is 11.5 Å². The summed E-state index contributed by atoms with van der Waals surface area (Å²) in [4.78, 5) is 4.41. The summed E-state index contributed by atoms with van der Waals surface area (Å²) in [5.41, 5.74) is 17.6. The zero-order valence-corrected chi connectivity index (χ0v) is 16.5. The second kappa shape index (κ2) is 7.59. The minimum absolute atomic E-state index is 0.249. The van der Waals surface area contributed by atoms with Crippen molar-refractivity contribution in [2.75, 3.05) is 11.5 Å².